The third-order valence-electron chi connectivity index (χ3n) is 3.35. The van der Waals surface area contributed by atoms with Crippen LogP contribution in [0, 0.1) is 10.1 Å². The standard InChI is InChI=1S/C17H13ClN4O3S/c1-25-13-6-4-12(5-7-13)21-16-15(22(23)24)17(20-10-19-16)26-14-8-2-11(18)3-9-14/h2-10H,1H3,(H,19,20,21). The number of rotatable bonds is 6. The molecule has 3 aromatic rings. The summed E-state index contributed by atoms with van der Waals surface area (Å²) in [5.41, 5.74) is 0.457. The lowest BCUT2D eigenvalue weighted by Gasteiger charge is -2.09. The Hall–Kier alpha value is -2.84. The van der Waals surface area contributed by atoms with E-state index in [1.54, 1.807) is 55.6 Å². The summed E-state index contributed by atoms with van der Waals surface area (Å²) in [6.45, 7) is 0. The minimum absolute atomic E-state index is 0.117. The highest BCUT2D eigenvalue weighted by molar-refractivity contribution is 7.99. The number of hydrogen-bond donors (Lipinski definition) is 1. The number of nitro groups is 1. The van der Waals surface area contributed by atoms with Gasteiger partial charge >= 0.3 is 5.69 Å². The van der Waals surface area contributed by atoms with Crippen LogP contribution in [0.3, 0.4) is 0 Å². The number of hydrogen-bond acceptors (Lipinski definition) is 7. The van der Waals surface area contributed by atoms with Crippen LogP contribution in [0.4, 0.5) is 17.2 Å². The van der Waals surface area contributed by atoms with E-state index in [0.717, 1.165) is 4.90 Å². The third-order valence-corrected chi connectivity index (χ3v) is 4.60. The molecule has 0 unspecified atom stereocenters. The van der Waals surface area contributed by atoms with Crippen molar-refractivity contribution in [3.05, 3.63) is 70.0 Å². The van der Waals surface area contributed by atoms with E-state index in [0.29, 0.717) is 16.5 Å². The van der Waals surface area contributed by atoms with Gasteiger partial charge in [-0.3, -0.25) is 10.1 Å². The molecule has 3 rings (SSSR count). The first kappa shape index (κ1) is 18.0. The maximum atomic E-state index is 11.6. The van der Waals surface area contributed by atoms with Crippen LogP contribution in [-0.4, -0.2) is 22.0 Å². The molecule has 0 amide bonds. The number of aromatic nitrogens is 2. The summed E-state index contributed by atoms with van der Waals surface area (Å²) in [5.74, 6) is 0.804. The maximum Gasteiger partial charge on any atom is 0.343 e. The van der Waals surface area contributed by atoms with E-state index in [1.807, 2.05) is 0 Å². The SMILES string of the molecule is COc1ccc(Nc2ncnc(Sc3ccc(Cl)cc3)c2[N+](=O)[O-])cc1. The summed E-state index contributed by atoms with van der Waals surface area (Å²) in [7, 11) is 1.57. The zero-order valence-corrected chi connectivity index (χ0v) is 15.1. The van der Waals surface area contributed by atoms with E-state index < -0.39 is 4.92 Å². The summed E-state index contributed by atoms with van der Waals surface area (Å²) in [6, 6.07) is 14.0. The van der Waals surface area contributed by atoms with Crippen LogP contribution in [0.25, 0.3) is 0 Å². The van der Waals surface area contributed by atoms with Crippen molar-refractivity contribution in [3.63, 3.8) is 0 Å². The van der Waals surface area contributed by atoms with Crippen molar-refractivity contribution >= 4 is 40.6 Å². The lowest BCUT2D eigenvalue weighted by atomic mass is 10.3. The molecule has 0 saturated carbocycles. The number of nitrogens with zero attached hydrogens (tertiary/aromatic N) is 3. The van der Waals surface area contributed by atoms with Gasteiger partial charge < -0.3 is 10.1 Å². The van der Waals surface area contributed by atoms with Gasteiger partial charge in [0.05, 0.1) is 12.0 Å². The predicted molar refractivity (Wildman–Crippen MR) is 101 cm³/mol. The van der Waals surface area contributed by atoms with E-state index >= 15 is 0 Å². The highest BCUT2D eigenvalue weighted by atomic mass is 35.5. The van der Waals surface area contributed by atoms with Crippen LogP contribution >= 0.6 is 23.4 Å². The maximum absolute atomic E-state index is 11.6. The summed E-state index contributed by atoms with van der Waals surface area (Å²) < 4.78 is 5.10. The van der Waals surface area contributed by atoms with E-state index in [9.17, 15) is 10.1 Å². The van der Waals surface area contributed by atoms with E-state index in [-0.39, 0.29) is 16.5 Å². The number of ether oxygens (including phenoxy) is 1. The van der Waals surface area contributed by atoms with Gasteiger partial charge in [-0.1, -0.05) is 23.4 Å². The molecule has 26 heavy (non-hydrogen) atoms. The van der Waals surface area contributed by atoms with E-state index in [2.05, 4.69) is 15.3 Å². The van der Waals surface area contributed by atoms with Crippen molar-refractivity contribution in [2.75, 3.05) is 12.4 Å². The molecule has 0 fully saturated rings. The molecule has 0 saturated heterocycles. The quantitative estimate of drug-likeness (QED) is 0.363. The van der Waals surface area contributed by atoms with Crippen LogP contribution in [0.2, 0.25) is 5.02 Å². The second kappa shape index (κ2) is 8.03. The van der Waals surface area contributed by atoms with Crippen molar-refractivity contribution < 1.29 is 9.66 Å². The normalized spacial score (nSPS) is 10.4. The van der Waals surface area contributed by atoms with Crippen molar-refractivity contribution in [2.45, 2.75) is 9.92 Å². The molecular weight excluding hydrogens is 376 g/mol. The highest BCUT2D eigenvalue weighted by Gasteiger charge is 2.24. The van der Waals surface area contributed by atoms with Crippen molar-refractivity contribution in [1.29, 1.82) is 0 Å². The fourth-order valence-electron chi connectivity index (χ4n) is 2.12. The average Bonchev–Trinajstić information content (AvgIpc) is 2.64. The molecule has 0 aliphatic carbocycles. The molecule has 132 valence electrons. The highest BCUT2D eigenvalue weighted by Crippen LogP contribution is 2.37. The van der Waals surface area contributed by atoms with Crippen LogP contribution in [0.15, 0.2) is 64.8 Å². The molecule has 2 aromatic carbocycles. The average molecular weight is 389 g/mol. The first-order valence-corrected chi connectivity index (χ1v) is 8.60. The Morgan fingerprint density at radius 1 is 1.12 bits per heavy atom. The Labute approximate surface area is 158 Å². The minimum atomic E-state index is -0.496. The Balaban J connectivity index is 1.92. The van der Waals surface area contributed by atoms with Crippen molar-refractivity contribution in [1.82, 2.24) is 9.97 Å². The third kappa shape index (κ3) is 4.22. The topological polar surface area (TPSA) is 90.2 Å². The molecule has 0 radical (unpaired) electrons. The fourth-order valence-corrected chi connectivity index (χ4v) is 3.11. The molecule has 9 heteroatoms. The number of benzene rings is 2. The largest absolute Gasteiger partial charge is 0.497 e. The first-order valence-electron chi connectivity index (χ1n) is 7.40. The van der Waals surface area contributed by atoms with Gasteiger partial charge in [-0.05, 0) is 48.5 Å². The van der Waals surface area contributed by atoms with Crippen molar-refractivity contribution in [3.8, 4) is 5.75 Å². The summed E-state index contributed by atoms with van der Waals surface area (Å²) in [5, 5.41) is 15.4. The number of nitrogens with one attached hydrogen (secondary N) is 1. The van der Waals surface area contributed by atoms with Crippen molar-refractivity contribution in [2.24, 2.45) is 0 Å². The van der Waals surface area contributed by atoms with Crippen LogP contribution in [0.1, 0.15) is 0 Å². The van der Waals surface area contributed by atoms with Crippen LogP contribution in [0.5, 0.6) is 5.75 Å². The molecule has 0 aliphatic heterocycles. The van der Waals surface area contributed by atoms with Crippen LogP contribution in [-0.2, 0) is 0 Å². The molecule has 0 bridgehead atoms. The molecule has 1 N–H and O–H groups in total. The first-order chi connectivity index (χ1) is 12.6. The summed E-state index contributed by atoms with van der Waals surface area (Å²) >= 11 is 7.04. The Morgan fingerprint density at radius 2 is 1.81 bits per heavy atom. The monoisotopic (exact) mass is 388 g/mol. The fraction of sp³-hybridized carbons (Fsp3) is 0.0588. The number of halogens is 1. The van der Waals surface area contributed by atoms with Gasteiger partial charge in [0, 0.05) is 15.6 Å². The molecule has 7 nitrogen and oxygen atoms in total. The zero-order chi connectivity index (χ0) is 18.5. The Bertz CT molecular complexity index is 920. The van der Waals surface area contributed by atoms with Gasteiger partial charge in [0.2, 0.25) is 5.82 Å². The number of methoxy groups -OCH3 is 1. The van der Waals surface area contributed by atoms with E-state index in [1.165, 1.54) is 18.1 Å². The predicted octanol–water partition coefficient (Wildman–Crippen LogP) is 4.94. The summed E-state index contributed by atoms with van der Waals surface area (Å²) in [4.78, 5) is 20.0. The minimum Gasteiger partial charge on any atom is -0.497 e. The smallest absolute Gasteiger partial charge is 0.343 e. The molecule has 1 heterocycles. The lowest BCUT2D eigenvalue weighted by molar-refractivity contribution is -0.387. The number of anilines is 2. The second-order valence-electron chi connectivity index (χ2n) is 5.04. The zero-order valence-electron chi connectivity index (χ0n) is 13.5. The van der Waals surface area contributed by atoms with Gasteiger partial charge in [0.25, 0.3) is 0 Å². The van der Waals surface area contributed by atoms with Gasteiger partial charge in [-0.15, -0.1) is 0 Å². The molecule has 0 spiro atoms. The summed E-state index contributed by atoms with van der Waals surface area (Å²) in [6.07, 6.45) is 1.29. The molecule has 0 atom stereocenters. The van der Waals surface area contributed by atoms with Crippen LogP contribution < -0.4 is 10.1 Å². The Kier molecular flexibility index (Phi) is 5.55. The molecular formula is C17H13ClN4O3S. The lowest BCUT2D eigenvalue weighted by Crippen LogP contribution is -2.02. The van der Waals surface area contributed by atoms with Gasteiger partial charge in [-0.25, -0.2) is 9.97 Å². The van der Waals surface area contributed by atoms with Gasteiger partial charge in [0.15, 0.2) is 5.03 Å². The van der Waals surface area contributed by atoms with Gasteiger partial charge in [0.1, 0.15) is 12.1 Å². The Morgan fingerprint density at radius 3 is 2.42 bits per heavy atom. The molecule has 0 aliphatic rings. The van der Waals surface area contributed by atoms with Gasteiger partial charge in [-0.2, -0.15) is 0 Å². The van der Waals surface area contributed by atoms with E-state index in [4.69, 9.17) is 16.3 Å². The second-order valence-corrected chi connectivity index (χ2v) is 6.54. The molecule has 1 aromatic heterocycles.